The monoisotopic (exact) mass is 205 g/mol. The van der Waals surface area contributed by atoms with Crippen LogP contribution in [0.5, 0.6) is 0 Å². The molecule has 15 heavy (non-hydrogen) atoms. The van der Waals surface area contributed by atoms with Gasteiger partial charge in [-0.2, -0.15) is 0 Å². The van der Waals surface area contributed by atoms with Gasteiger partial charge in [-0.15, -0.1) is 10.2 Å². The van der Waals surface area contributed by atoms with E-state index in [1.165, 1.54) is 12.5 Å². The van der Waals surface area contributed by atoms with Crippen molar-refractivity contribution in [1.29, 1.82) is 0 Å². The fourth-order valence-corrected chi connectivity index (χ4v) is 1.03. The van der Waals surface area contributed by atoms with Crippen molar-refractivity contribution in [2.75, 3.05) is 0 Å². The molecule has 2 aromatic rings. The summed E-state index contributed by atoms with van der Waals surface area (Å²) in [7, 11) is 0. The molecule has 0 unspecified atom stereocenters. The molecule has 0 bridgehead atoms. The van der Waals surface area contributed by atoms with Crippen molar-refractivity contribution in [3.63, 3.8) is 0 Å². The van der Waals surface area contributed by atoms with Gasteiger partial charge in [-0.05, 0) is 0 Å². The van der Waals surface area contributed by atoms with Crippen LogP contribution in [-0.2, 0) is 11.2 Å². The number of hydrogen-bond acceptors (Lipinski definition) is 5. The molecule has 7 nitrogen and oxygen atoms in total. The minimum Gasteiger partial charge on any atom is -0.481 e. The van der Waals surface area contributed by atoms with Crippen molar-refractivity contribution in [3.8, 4) is 11.4 Å². The van der Waals surface area contributed by atoms with Gasteiger partial charge in [-0.25, -0.2) is 9.97 Å². The van der Waals surface area contributed by atoms with Crippen molar-refractivity contribution in [3.05, 3.63) is 24.5 Å². The van der Waals surface area contributed by atoms with Crippen LogP contribution in [0.4, 0.5) is 0 Å². The number of carbonyl (C=O) groups is 1. The number of carboxylic acid groups (broad SMARTS) is 1. The number of nitrogens with zero attached hydrogens (tertiary/aromatic N) is 4. The summed E-state index contributed by atoms with van der Waals surface area (Å²) in [6.45, 7) is 0. The molecule has 76 valence electrons. The predicted octanol–water partition coefficient (Wildman–Crippen LogP) is -0.111. The lowest BCUT2D eigenvalue weighted by molar-refractivity contribution is -0.136. The number of H-pyrrole nitrogens is 1. The largest absolute Gasteiger partial charge is 0.481 e. The lowest BCUT2D eigenvalue weighted by atomic mass is 10.3. The molecule has 0 spiro atoms. The van der Waals surface area contributed by atoms with Gasteiger partial charge in [-0.3, -0.25) is 4.79 Å². The van der Waals surface area contributed by atoms with Crippen LogP contribution in [0.15, 0.2) is 18.7 Å². The van der Waals surface area contributed by atoms with E-state index in [1.807, 2.05) is 0 Å². The molecular formula is C8H7N5O2. The zero-order chi connectivity index (χ0) is 10.7. The van der Waals surface area contributed by atoms with Gasteiger partial charge in [0.2, 0.25) is 0 Å². The first-order valence-corrected chi connectivity index (χ1v) is 4.15. The molecule has 0 radical (unpaired) electrons. The summed E-state index contributed by atoms with van der Waals surface area (Å²) >= 11 is 0. The van der Waals surface area contributed by atoms with Crippen molar-refractivity contribution in [1.82, 2.24) is 25.1 Å². The van der Waals surface area contributed by atoms with Crippen molar-refractivity contribution in [2.24, 2.45) is 0 Å². The van der Waals surface area contributed by atoms with E-state index in [4.69, 9.17) is 5.11 Å². The Labute approximate surface area is 84.2 Å². The highest BCUT2D eigenvalue weighted by atomic mass is 16.4. The van der Waals surface area contributed by atoms with E-state index in [9.17, 15) is 4.79 Å². The van der Waals surface area contributed by atoms with Crippen molar-refractivity contribution >= 4 is 5.97 Å². The minimum atomic E-state index is -0.980. The second kappa shape index (κ2) is 3.82. The maximum Gasteiger partial charge on any atom is 0.311 e. The Balaban J connectivity index is 2.21. The quantitative estimate of drug-likeness (QED) is 0.724. The Morgan fingerprint density at radius 2 is 2.27 bits per heavy atom. The minimum absolute atomic E-state index is 0.186. The SMILES string of the molecule is O=C(O)Cc1ncc(-c2cnc[nH]2)nn1. The van der Waals surface area contributed by atoms with E-state index in [0.29, 0.717) is 11.4 Å². The first-order chi connectivity index (χ1) is 7.25. The highest BCUT2D eigenvalue weighted by molar-refractivity contribution is 5.68. The number of rotatable bonds is 3. The topological polar surface area (TPSA) is 105 Å². The van der Waals surface area contributed by atoms with Gasteiger partial charge < -0.3 is 10.1 Å². The molecule has 2 heterocycles. The summed E-state index contributed by atoms with van der Waals surface area (Å²) in [5.74, 6) is -0.795. The van der Waals surface area contributed by atoms with E-state index >= 15 is 0 Å². The molecule has 0 fully saturated rings. The number of aliphatic carboxylic acids is 1. The third kappa shape index (κ3) is 2.13. The van der Waals surface area contributed by atoms with Crippen LogP contribution in [0, 0.1) is 0 Å². The summed E-state index contributed by atoms with van der Waals surface area (Å²) in [5, 5.41) is 16.0. The van der Waals surface area contributed by atoms with Crippen LogP contribution in [0.3, 0.4) is 0 Å². The summed E-state index contributed by atoms with van der Waals surface area (Å²) in [6, 6.07) is 0. The number of aromatic amines is 1. The van der Waals surface area contributed by atoms with Gasteiger partial charge in [0.25, 0.3) is 0 Å². The Morgan fingerprint density at radius 1 is 1.40 bits per heavy atom. The van der Waals surface area contributed by atoms with Gasteiger partial charge in [0.1, 0.15) is 12.1 Å². The number of carboxylic acids is 1. The fraction of sp³-hybridized carbons (Fsp3) is 0.125. The second-order valence-electron chi connectivity index (χ2n) is 2.80. The molecule has 0 aliphatic carbocycles. The number of nitrogens with one attached hydrogen (secondary N) is 1. The molecule has 0 aromatic carbocycles. The average Bonchev–Trinajstić information content (AvgIpc) is 2.71. The Kier molecular flexibility index (Phi) is 2.36. The molecule has 2 N–H and O–H groups in total. The molecule has 0 aliphatic heterocycles. The summed E-state index contributed by atoms with van der Waals surface area (Å²) in [5.41, 5.74) is 1.22. The molecule has 0 saturated carbocycles. The molecule has 0 atom stereocenters. The summed E-state index contributed by atoms with van der Waals surface area (Å²) in [6.07, 6.45) is 4.33. The van der Waals surface area contributed by atoms with Crippen LogP contribution < -0.4 is 0 Å². The number of aromatic nitrogens is 5. The van der Waals surface area contributed by atoms with E-state index in [-0.39, 0.29) is 12.2 Å². The molecule has 0 aliphatic rings. The lowest BCUT2D eigenvalue weighted by Crippen LogP contribution is -2.06. The normalized spacial score (nSPS) is 10.1. The summed E-state index contributed by atoms with van der Waals surface area (Å²) < 4.78 is 0. The molecule has 2 rings (SSSR count). The first-order valence-electron chi connectivity index (χ1n) is 4.15. The number of hydrogen-bond donors (Lipinski definition) is 2. The highest BCUT2D eigenvalue weighted by Crippen LogP contribution is 2.09. The Bertz CT molecular complexity index is 450. The number of imidazole rings is 1. The molecule has 2 aromatic heterocycles. The van der Waals surface area contributed by atoms with E-state index in [0.717, 1.165) is 0 Å². The van der Waals surface area contributed by atoms with Crippen LogP contribution >= 0.6 is 0 Å². The second-order valence-corrected chi connectivity index (χ2v) is 2.80. The molecular weight excluding hydrogens is 198 g/mol. The maximum atomic E-state index is 10.4. The highest BCUT2D eigenvalue weighted by Gasteiger charge is 2.06. The first kappa shape index (κ1) is 9.25. The van der Waals surface area contributed by atoms with E-state index in [2.05, 4.69) is 25.1 Å². The van der Waals surface area contributed by atoms with E-state index in [1.54, 1.807) is 6.20 Å². The van der Waals surface area contributed by atoms with Crippen LogP contribution in [0.2, 0.25) is 0 Å². The molecule has 7 heteroatoms. The van der Waals surface area contributed by atoms with Gasteiger partial charge in [0.15, 0.2) is 5.82 Å². The summed E-state index contributed by atoms with van der Waals surface area (Å²) in [4.78, 5) is 20.9. The average molecular weight is 205 g/mol. The van der Waals surface area contributed by atoms with Gasteiger partial charge in [0, 0.05) is 0 Å². The predicted molar refractivity (Wildman–Crippen MR) is 48.7 cm³/mol. The van der Waals surface area contributed by atoms with Gasteiger partial charge >= 0.3 is 5.97 Å². The third-order valence-electron chi connectivity index (χ3n) is 1.69. The van der Waals surface area contributed by atoms with Crippen molar-refractivity contribution < 1.29 is 9.90 Å². The van der Waals surface area contributed by atoms with Crippen LogP contribution in [0.25, 0.3) is 11.4 Å². The maximum absolute atomic E-state index is 10.4. The molecule has 0 saturated heterocycles. The van der Waals surface area contributed by atoms with E-state index < -0.39 is 5.97 Å². The fourth-order valence-electron chi connectivity index (χ4n) is 1.03. The Hall–Kier alpha value is -2.31. The third-order valence-corrected chi connectivity index (χ3v) is 1.69. The van der Waals surface area contributed by atoms with Gasteiger partial charge in [-0.1, -0.05) is 0 Å². The van der Waals surface area contributed by atoms with Crippen LogP contribution in [0.1, 0.15) is 5.82 Å². The zero-order valence-electron chi connectivity index (χ0n) is 7.58. The van der Waals surface area contributed by atoms with Crippen LogP contribution in [-0.4, -0.2) is 36.2 Å². The van der Waals surface area contributed by atoms with Gasteiger partial charge in [0.05, 0.1) is 24.4 Å². The standard InChI is InChI=1S/C8H7N5O2/c14-8(15)1-7-10-3-6(12-13-7)5-2-9-4-11-5/h2-4H,1H2,(H,9,11)(H,14,15). The Morgan fingerprint density at radius 3 is 2.80 bits per heavy atom. The lowest BCUT2D eigenvalue weighted by Gasteiger charge is -1.96. The smallest absolute Gasteiger partial charge is 0.311 e. The van der Waals surface area contributed by atoms with Crippen molar-refractivity contribution in [2.45, 2.75) is 6.42 Å². The molecule has 0 amide bonds. The zero-order valence-corrected chi connectivity index (χ0v) is 7.58.